The summed E-state index contributed by atoms with van der Waals surface area (Å²) in [5.41, 5.74) is 3.13. The monoisotopic (exact) mass is 413 g/mol. The van der Waals surface area contributed by atoms with Gasteiger partial charge >= 0.3 is 0 Å². The Balaban J connectivity index is 0.00000129. The lowest BCUT2D eigenvalue weighted by Crippen LogP contribution is -2.16. The van der Waals surface area contributed by atoms with Crippen molar-refractivity contribution >= 4 is 22.6 Å². The molecule has 0 spiro atoms. The van der Waals surface area contributed by atoms with Gasteiger partial charge in [0, 0.05) is 10.9 Å². The standard InChI is InChI=1S/C21H22FNO.3C2H6/c1-5-14(13(3)4)20-15(6-2)16-10-11-17(22)19(21(16)24-20)18-9-7-8-12-23-18;3*1-2/h5-13,18,23H,2H2,1,3-4H3;3*1-2H3/b14-5-;;;. The van der Waals surface area contributed by atoms with Crippen molar-refractivity contribution in [1.82, 2.24) is 5.32 Å². The Morgan fingerprint density at radius 1 is 1.10 bits per heavy atom. The summed E-state index contributed by atoms with van der Waals surface area (Å²) in [6.07, 6.45) is 11.4. The van der Waals surface area contributed by atoms with E-state index in [9.17, 15) is 4.39 Å². The molecule has 0 bridgehead atoms. The maximum atomic E-state index is 14.6. The molecule has 2 aromatic rings. The first-order chi connectivity index (χ1) is 14.6. The molecular formula is C27H40FNO. The molecule has 1 aliphatic heterocycles. The molecule has 2 nitrogen and oxygen atoms in total. The summed E-state index contributed by atoms with van der Waals surface area (Å²) in [5, 5.41) is 4.06. The summed E-state index contributed by atoms with van der Waals surface area (Å²) in [4.78, 5) is 0. The predicted molar refractivity (Wildman–Crippen MR) is 133 cm³/mol. The van der Waals surface area contributed by atoms with E-state index in [2.05, 4.69) is 25.7 Å². The quantitative estimate of drug-likeness (QED) is 0.540. The lowest BCUT2D eigenvalue weighted by atomic mass is 9.95. The molecule has 0 fully saturated rings. The van der Waals surface area contributed by atoms with Gasteiger partial charge in [0.25, 0.3) is 0 Å². The topological polar surface area (TPSA) is 25.2 Å². The zero-order valence-corrected chi connectivity index (χ0v) is 20.3. The number of hydrogen-bond donors (Lipinski definition) is 1. The van der Waals surface area contributed by atoms with Crippen molar-refractivity contribution in [3.8, 4) is 0 Å². The second-order valence-electron chi connectivity index (χ2n) is 6.17. The third kappa shape index (κ3) is 5.98. The van der Waals surface area contributed by atoms with Gasteiger partial charge in [0.1, 0.15) is 17.2 Å². The summed E-state index contributed by atoms with van der Waals surface area (Å²) >= 11 is 0. The minimum absolute atomic E-state index is 0.247. The smallest absolute Gasteiger partial charge is 0.143 e. The summed E-state index contributed by atoms with van der Waals surface area (Å²) < 4.78 is 20.8. The van der Waals surface area contributed by atoms with Crippen LogP contribution in [-0.4, -0.2) is 0 Å². The van der Waals surface area contributed by atoms with Crippen molar-refractivity contribution in [3.63, 3.8) is 0 Å². The first kappa shape index (κ1) is 27.4. The van der Waals surface area contributed by atoms with Crippen molar-refractivity contribution in [2.45, 2.75) is 68.4 Å². The Morgan fingerprint density at radius 2 is 1.73 bits per heavy atom. The third-order valence-corrected chi connectivity index (χ3v) is 4.38. The molecule has 1 aliphatic rings. The first-order valence-electron chi connectivity index (χ1n) is 11.2. The second-order valence-corrected chi connectivity index (χ2v) is 6.17. The van der Waals surface area contributed by atoms with Gasteiger partial charge < -0.3 is 9.73 Å². The molecule has 0 saturated heterocycles. The van der Waals surface area contributed by atoms with Crippen LogP contribution in [0.4, 0.5) is 4.39 Å². The highest BCUT2D eigenvalue weighted by molar-refractivity contribution is 5.94. The van der Waals surface area contributed by atoms with Crippen molar-refractivity contribution < 1.29 is 8.81 Å². The molecule has 0 saturated carbocycles. The predicted octanol–water partition coefficient (Wildman–Crippen LogP) is 9.07. The third-order valence-electron chi connectivity index (χ3n) is 4.38. The molecular weight excluding hydrogens is 373 g/mol. The Morgan fingerprint density at radius 3 is 2.20 bits per heavy atom. The number of benzene rings is 1. The van der Waals surface area contributed by atoms with E-state index >= 15 is 0 Å². The Bertz CT molecular complexity index is 869. The van der Waals surface area contributed by atoms with E-state index < -0.39 is 0 Å². The molecule has 30 heavy (non-hydrogen) atoms. The zero-order valence-electron chi connectivity index (χ0n) is 20.3. The number of nitrogens with one attached hydrogen (secondary N) is 1. The fourth-order valence-electron chi connectivity index (χ4n) is 3.24. The van der Waals surface area contributed by atoms with Crippen LogP contribution in [0.1, 0.15) is 85.2 Å². The summed E-state index contributed by atoms with van der Waals surface area (Å²) in [6, 6.07) is 3.03. The van der Waals surface area contributed by atoms with Crippen molar-refractivity contribution in [2.75, 3.05) is 0 Å². The molecule has 0 amide bonds. The molecule has 3 heteroatoms. The number of rotatable bonds is 4. The Labute approximate surface area is 183 Å². The number of fused-ring (bicyclic) bond motifs is 1. The average Bonchev–Trinajstić information content (AvgIpc) is 3.16. The highest BCUT2D eigenvalue weighted by atomic mass is 19.1. The van der Waals surface area contributed by atoms with E-state index in [1.807, 2.05) is 79.0 Å². The minimum atomic E-state index is -0.276. The van der Waals surface area contributed by atoms with E-state index in [1.54, 1.807) is 12.1 Å². The van der Waals surface area contributed by atoms with Gasteiger partial charge in [-0.2, -0.15) is 0 Å². The SMILES string of the molecule is C=Cc1c(/C(=C\C)C(C)C)oc2c(C3C=CC=CN3)c(F)ccc12.CC.CC.CC. The number of furan rings is 1. The van der Waals surface area contributed by atoms with Crippen molar-refractivity contribution in [1.29, 1.82) is 0 Å². The molecule has 2 heterocycles. The van der Waals surface area contributed by atoms with Gasteiger partial charge in [0.15, 0.2) is 0 Å². The highest BCUT2D eigenvalue weighted by Gasteiger charge is 2.24. The maximum absolute atomic E-state index is 14.6. The van der Waals surface area contributed by atoms with Crippen LogP contribution in [0.5, 0.6) is 0 Å². The molecule has 0 radical (unpaired) electrons. The Kier molecular flexibility index (Phi) is 13.2. The summed E-state index contributed by atoms with van der Waals surface area (Å²) in [5.74, 6) is 0.806. The van der Waals surface area contributed by atoms with Gasteiger partial charge in [-0.1, -0.05) is 86.3 Å². The van der Waals surface area contributed by atoms with Crippen LogP contribution in [0.25, 0.3) is 22.6 Å². The van der Waals surface area contributed by atoms with Crippen LogP contribution in [-0.2, 0) is 0 Å². The molecule has 0 aliphatic carbocycles. The van der Waals surface area contributed by atoms with E-state index in [0.717, 1.165) is 22.3 Å². The molecule has 1 aromatic carbocycles. The van der Waals surface area contributed by atoms with Crippen molar-refractivity contribution in [2.24, 2.45) is 5.92 Å². The summed E-state index contributed by atoms with van der Waals surface area (Å²) in [7, 11) is 0. The van der Waals surface area contributed by atoms with Crippen LogP contribution in [0.15, 0.2) is 53.6 Å². The molecule has 1 aromatic heterocycles. The minimum Gasteiger partial charge on any atom is -0.455 e. The highest BCUT2D eigenvalue weighted by Crippen LogP contribution is 2.39. The number of halogens is 1. The number of allylic oxidation sites excluding steroid dienone is 4. The number of hydrogen-bond acceptors (Lipinski definition) is 2. The van der Waals surface area contributed by atoms with Crippen LogP contribution < -0.4 is 5.32 Å². The van der Waals surface area contributed by atoms with Crippen LogP contribution in [0.2, 0.25) is 0 Å². The maximum Gasteiger partial charge on any atom is 0.143 e. The van der Waals surface area contributed by atoms with Crippen LogP contribution >= 0.6 is 0 Å². The fraction of sp³-hybridized carbons (Fsp3) is 0.407. The molecule has 1 unspecified atom stereocenters. The fourth-order valence-corrected chi connectivity index (χ4v) is 3.24. The summed E-state index contributed by atoms with van der Waals surface area (Å²) in [6.45, 7) is 22.2. The number of dihydropyridines is 1. The zero-order chi connectivity index (χ0) is 23.3. The van der Waals surface area contributed by atoms with E-state index in [4.69, 9.17) is 4.42 Å². The Hall–Kier alpha value is -2.55. The molecule has 1 atom stereocenters. The molecule has 3 rings (SSSR count). The van der Waals surface area contributed by atoms with Gasteiger partial charge in [-0.05, 0) is 42.8 Å². The van der Waals surface area contributed by atoms with Gasteiger partial charge in [-0.3, -0.25) is 0 Å². The van der Waals surface area contributed by atoms with E-state index in [1.165, 1.54) is 6.07 Å². The van der Waals surface area contributed by atoms with Crippen LogP contribution in [0, 0.1) is 11.7 Å². The van der Waals surface area contributed by atoms with Crippen molar-refractivity contribution in [3.05, 3.63) is 71.9 Å². The van der Waals surface area contributed by atoms with Gasteiger partial charge in [-0.25, -0.2) is 4.39 Å². The molecule has 1 N–H and O–H groups in total. The lowest BCUT2D eigenvalue weighted by molar-refractivity contribution is 0.553. The first-order valence-corrected chi connectivity index (χ1v) is 11.2. The van der Waals surface area contributed by atoms with Gasteiger partial charge in [0.2, 0.25) is 0 Å². The second kappa shape index (κ2) is 14.4. The van der Waals surface area contributed by atoms with Gasteiger partial charge in [-0.15, -0.1) is 0 Å². The van der Waals surface area contributed by atoms with E-state index in [-0.39, 0.29) is 11.9 Å². The largest absolute Gasteiger partial charge is 0.455 e. The van der Waals surface area contributed by atoms with Gasteiger partial charge in [0.05, 0.1) is 11.6 Å². The lowest BCUT2D eigenvalue weighted by Gasteiger charge is -2.17. The average molecular weight is 414 g/mol. The normalized spacial score (nSPS) is 14.6. The van der Waals surface area contributed by atoms with E-state index in [0.29, 0.717) is 17.1 Å². The molecule has 166 valence electrons. The van der Waals surface area contributed by atoms with Crippen LogP contribution in [0.3, 0.4) is 0 Å².